The molecular weight excluding hydrogens is 296 g/mol. The Kier molecular flexibility index (Phi) is 7.10. The SMILES string of the molecule is COc1ccccc1NC(=O)CSCC(NC=O)C(=O)O. The van der Waals surface area contributed by atoms with Crippen LogP contribution in [0.5, 0.6) is 5.75 Å². The number of nitrogens with one attached hydrogen (secondary N) is 2. The van der Waals surface area contributed by atoms with Crippen LogP contribution in [0.3, 0.4) is 0 Å². The number of methoxy groups -OCH3 is 1. The number of thioether (sulfide) groups is 1. The number of para-hydroxylation sites is 2. The molecule has 7 nitrogen and oxygen atoms in total. The molecule has 0 aliphatic rings. The number of ether oxygens (including phenoxy) is 1. The van der Waals surface area contributed by atoms with E-state index in [9.17, 15) is 14.4 Å². The molecule has 2 amide bonds. The first-order valence-electron chi connectivity index (χ1n) is 6.01. The van der Waals surface area contributed by atoms with Gasteiger partial charge in [-0.15, -0.1) is 11.8 Å². The summed E-state index contributed by atoms with van der Waals surface area (Å²) in [5.41, 5.74) is 0.548. The van der Waals surface area contributed by atoms with Crippen LogP contribution in [0.4, 0.5) is 5.69 Å². The second-order valence-corrected chi connectivity index (χ2v) is 4.97. The monoisotopic (exact) mass is 312 g/mol. The number of hydrogen-bond acceptors (Lipinski definition) is 5. The van der Waals surface area contributed by atoms with Gasteiger partial charge in [0.2, 0.25) is 12.3 Å². The highest BCUT2D eigenvalue weighted by Gasteiger charge is 2.16. The Balaban J connectivity index is 2.44. The lowest BCUT2D eigenvalue weighted by Gasteiger charge is -2.11. The molecule has 0 spiro atoms. The molecule has 0 radical (unpaired) electrons. The number of aliphatic carboxylic acids is 1. The van der Waals surface area contributed by atoms with E-state index in [4.69, 9.17) is 9.84 Å². The van der Waals surface area contributed by atoms with Crippen LogP contribution in [-0.2, 0) is 14.4 Å². The number of carbonyl (C=O) groups excluding carboxylic acids is 2. The fourth-order valence-corrected chi connectivity index (χ4v) is 2.33. The van der Waals surface area contributed by atoms with Gasteiger partial charge in [0.25, 0.3) is 0 Å². The smallest absolute Gasteiger partial charge is 0.327 e. The number of amides is 2. The van der Waals surface area contributed by atoms with E-state index in [1.165, 1.54) is 7.11 Å². The van der Waals surface area contributed by atoms with Crippen LogP contribution in [-0.4, -0.2) is 48.1 Å². The minimum atomic E-state index is -1.14. The van der Waals surface area contributed by atoms with Crippen molar-refractivity contribution in [1.29, 1.82) is 0 Å². The van der Waals surface area contributed by atoms with Crippen molar-refractivity contribution in [2.24, 2.45) is 0 Å². The van der Waals surface area contributed by atoms with E-state index in [-0.39, 0.29) is 17.4 Å². The number of benzene rings is 1. The normalized spacial score (nSPS) is 11.3. The largest absolute Gasteiger partial charge is 0.495 e. The van der Waals surface area contributed by atoms with Gasteiger partial charge in [0.05, 0.1) is 18.6 Å². The van der Waals surface area contributed by atoms with Gasteiger partial charge in [-0.2, -0.15) is 0 Å². The molecule has 8 heteroatoms. The summed E-state index contributed by atoms with van der Waals surface area (Å²) in [7, 11) is 1.50. The Hall–Kier alpha value is -2.22. The van der Waals surface area contributed by atoms with Crippen LogP contribution >= 0.6 is 11.8 Å². The molecule has 0 aromatic heterocycles. The third kappa shape index (κ3) is 5.74. The van der Waals surface area contributed by atoms with Gasteiger partial charge in [0.1, 0.15) is 11.8 Å². The lowest BCUT2D eigenvalue weighted by molar-refractivity contribution is -0.139. The number of carboxylic acid groups (broad SMARTS) is 1. The molecule has 1 aromatic carbocycles. The topological polar surface area (TPSA) is 105 Å². The van der Waals surface area contributed by atoms with Crippen LogP contribution in [0.2, 0.25) is 0 Å². The second kappa shape index (κ2) is 8.85. The lowest BCUT2D eigenvalue weighted by atomic mass is 10.3. The highest BCUT2D eigenvalue weighted by molar-refractivity contribution is 8.00. The average molecular weight is 312 g/mol. The molecule has 0 saturated heterocycles. The number of anilines is 1. The second-order valence-electron chi connectivity index (χ2n) is 3.94. The third-order valence-electron chi connectivity index (χ3n) is 2.47. The first-order chi connectivity index (χ1) is 10.1. The summed E-state index contributed by atoms with van der Waals surface area (Å²) in [4.78, 5) is 32.8. The number of rotatable bonds is 9. The minimum Gasteiger partial charge on any atom is -0.495 e. The Morgan fingerprint density at radius 3 is 2.76 bits per heavy atom. The molecular formula is C13H16N2O5S. The molecule has 21 heavy (non-hydrogen) atoms. The fourth-order valence-electron chi connectivity index (χ4n) is 1.48. The van der Waals surface area contributed by atoms with Crippen molar-refractivity contribution in [3.63, 3.8) is 0 Å². The van der Waals surface area contributed by atoms with Crippen molar-refractivity contribution in [3.05, 3.63) is 24.3 Å². The quantitative estimate of drug-likeness (QED) is 0.576. The molecule has 0 fully saturated rings. The van der Waals surface area contributed by atoms with Gasteiger partial charge in [-0.25, -0.2) is 4.79 Å². The summed E-state index contributed by atoms with van der Waals surface area (Å²) in [5, 5.41) is 13.7. The Morgan fingerprint density at radius 1 is 1.43 bits per heavy atom. The van der Waals surface area contributed by atoms with Crippen molar-refractivity contribution >= 4 is 35.7 Å². The van der Waals surface area contributed by atoms with E-state index >= 15 is 0 Å². The maximum absolute atomic E-state index is 11.8. The summed E-state index contributed by atoms with van der Waals surface area (Å²) in [6, 6.07) is 5.96. The molecule has 1 aromatic rings. The van der Waals surface area contributed by atoms with Crippen LogP contribution < -0.4 is 15.4 Å². The first-order valence-corrected chi connectivity index (χ1v) is 7.17. The van der Waals surface area contributed by atoms with Gasteiger partial charge < -0.3 is 20.5 Å². The average Bonchev–Trinajstić information content (AvgIpc) is 2.46. The maximum atomic E-state index is 11.8. The van der Waals surface area contributed by atoms with Gasteiger partial charge in [-0.05, 0) is 12.1 Å². The summed E-state index contributed by atoms with van der Waals surface area (Å²) in [6.45, 7) is 0. The van der Waals surface area contributed by atoms with Crippen molar-refractivity contribution in [2.45, 2.75) is 6.04 Å². The number of hydrogen-bond donors (Lipinski definition) is 3. The number of carbonyl (C=O) groups is 3. The standard InChI is InChI=1S/C13H16N2O5S/c1-20-11-5-3-2-4-9(11)15-12(17)7-21-6-10(13(18)19)14-8-16/h2-5,8,10H,6-7H2,1H3,(H,14,16)(H,15,17)(H,18,19). The van der Waals surface area contributed by atoms with Gasteiger partial charge >= 0.3 is 5.97 Å². The Morgan fingerprint density at radius 2 is 2.14 bits per heavy atom. The number of carboxylic acids is 1. The van der Waals surface area contributed by atoms with Crippen LogP contribution in [0.15, 0.2) is 24.3 Å². The van der Waals surface area contributed by atoms with E-state index in [0.717, 1.165) is 11.8 Å². The van der Waals surface area contributed by atoms with Crippen LogP contribution in [0, 0.1) is 0 Å². The highest BCUT2D eigenvalue weighted by atomic mass is 32.2. The zero-order valence-electron chi connectivity index (χ0n) is 11.4. The van der Waals surface area contributed by atoms with Gasteiger partial charge in [0.15, 0.2) is 0 Å². The molecule has 114 valence electrons. The molecule has 0 bridgehead atoms. The molecule has 0 saturated carbocycles. The minimum absolute atomic E-state index is 0.0718. The zero-order chi connectivity index (χ0) is 15.7. The van der Waals surface area contributed by atoms with E-state index in [1.807, 2.05) is 0 Å². The Labute approximate surface area is 126 Å². The molecule has 1 unspecified atom stereocenters. The highest BCUT2D eigenvalue weighted by Crippen LogP contribution is 2.23. The summed E-state index contributed by atoms with van der Waals surface area (Å²) in [5.74, 6) is -0.697. The molecule has 1 rings (SSSR count). The Bertz CT molecular complexity index is 509. The van der Waals surface area contributed by atoms with Crippen LogP contribution in [0.25, 0.3) is 0 Å². The van der Waals surface area contributed by atoms with Gasteiger partial charge in [-0.1, -0.05) is 12.1 Å². The van der Waals surface area contributed by atoms with E-state index in [1.54, 1.807) is 24.3 Å². The van der Waals surface area contributed by atoms with Crippen molar-refractivity contribution in [3.8, 4) is 5.75 Å². The molecule has 1 atom stereocenters. The van der Waals surface area contributed by atoms with E-state index in [2.05, 4.69) is 10.6 Å². The van der Waals surface area contributed by atoms with E-state index in [0.29, 0.717) is 17.8 Å². The summed E-state index contributed by atoms with van der Waals surface area (Å²) < 4.78 is 5.10. The lowest BCUT2D eigenvalue weighted by Crippen LogP contribution is -2.38. The van der Waals surface area contributed by atoms with Crippen molar-refractivity contribution < 1.29 is 24.2 Å². The zero-order valence-corrected chi connectivity index (χ0v) is 12.2. The third-order valence-corrected chi connectivity index (χ3v) is 3.50. The van der Waals surface area contributed by atoms with Crippen LogP contribution in [0.1, 0.15) is 0 Å². The van der Waals surface area contributed by atoms with Gasteiger partial charge in [-0.3, -0.25) is 9.59 Å². The maximum Gasteiger partial charge on any atom is 0.327 e. The molecule has 3 N–H and O–H groups in total. The summed E-state index contributed by atoms with van der Waals surface area (Å²) in [6.07, 6.45) is 0.328. The molecule has 0 heterocycles. The van der Waals surface area contributed by atoms with Crippen molar-refractivity contribution in [1.82, 2.24) is 5.32 Å². The molecule has 0 aliphatic heterocycles. The van der Waals surface area contributed by atoms with Gasteiger partial charge in [0, 0.05) is 5.75 Å². The first kappa shape index (κ1) is 16.8. The summed E-state index contributed by atoms with van der Waals surface area (Å²) >= 11 is 1.12. The predicted octanol–water partition coefficient (Wildman–Crippen LogP) is 0.566. The molecule has 0 aliphatic carbocycles. The fraction of sp³-hybridized carbons (Fsp3) is 0.308. The predicted molar refractivity (Wildman–Crippen MR) is 79.6 cm³/mol. The van der Waals surface area contributed by atoms with E-state index < -0.39 is 12.0 Å². The van der Waals surface area contributed by atoms with Crippen molar-refractivity contribution in [2.75, 3.05) is 23.9 Å².